The Hall–Kier alpha value is -2.43. The Morgan fingerprint density at radius 1 is 0.923 bits per heavy atom. The van der Waals surface area contributed by atoms with Gasteiger partial charge < -0.3 is 5.32 Å². The van der Waals surface area contributed by atoms with Gasteiger partial charge in [-0.3, -0.25) is 14.3 Å². The van der Waals surface area contributed by atoms with E-state index in [9.17, 15) is 4.79 Å². The number of aromatic nitrogens is 1. The minimum absolute atomic E-state index is 0.109. The molecule has 2 aliphatic heterocycles. The van der Waals surface area contributed by atoms with Crippen molar-refractivity contribution in [3.63, 3.8) is 0 Å². The number of hydrogen-bond donors (Lipinski definition) is 1. The van der Waals surface area contributed by atoms with E-state index < -0.39 is 0 Å². The van der Waals surface area contributed by atoms with Crippen LogP contribution < -0.4 is 5.32 Å². The fourth-order valence-electron chi connectivity index (χ4n) is 4.27. The zero-order chi connectivity index (χ0) is 17.5. The van der Waals surface area contributed by atoms with Crippen molar-refractivity contribution in [1.29, 1.82) is 0 Å². The fraction of sp³-hybridized carbons (Fsp3) is 0.318. The van der Waals surface area contributed by atoms with Crippen LogP contribution >= 0.6 is 0 Å². The highest BCUT2D eigenvalue weighted by Gasteiger charge is 2.17. The lowest BCUT2D eigenvalue weighted by molar-refractivity contribution is 0.0920. The minimum atomic E-state index is 0.109. The van der Waals surface area contributed by atoms with Crippen LogP contribution in [0.3, 0.4) is 0 Å². The molecule has 132 valence electrons. The molecule has 2 aromatic carbocycles. The second-order valence-electron chi connectivity index (χ2n) is 7.44. The van der Waals surface area contributed by atoms with Crippen LogP contribution in [0.1, 0.15) is 28.8 Å². The molecular weight excluding hydrogens is 322 g/mol. The van der Waals surface area contributed by atoms with Crippen molar-refractivity contribution in [3.05, 3.63) is 59.8 Å². The van der Waals surface area contributed by atoms with Gasteiger partial charge in [-0.15, -0.1) is 0 Å². The summed E-state index contributed by atoms with van der Waals surface area (Å²) < 4.78 is 1.79. The molecule has 0 spiro atoms. The first-order valence-electron chi connectivity index (χ1n) is 9.47. The molecule has 1 saturated heterocycles. The minimum Gasteiger partial charge on any atom is -0.304 e. The van der Waals surface area contributed by atoms with E-state index in [1.165, 1.54) is 48.2 Å². The number of hydrogen-bond acceptors (Lipinski definition) is 3. The summed E-state index contributed by atoms with van der Waals surface area (Å²) in [6, 6.07) is 15.4. The highest BCUT2D eigenvalue weighted by atomic mass is 16.2. The van der Waals surface area contributed by atoms with Gasteiger partial charge in [-0.1, -0.05) is 24.3 Å². The molecule has 0 unspecified atom stereocenters. The van der Waals surface area contributed by atoms with Crippen molar-refractivity contribution in [2.45, 2.75) is 25.9 Å². The van der Waals surface area contributed by atoms with E-state index in [1.807, 2.05) is 12.3 Å². The average Bonchev–Trinajstić information content (AvgIpc) is 3.28. The van der Waals surface area contributed by atoms with Gasteiger partial charge in [-0.25, -0.2) is 0 Å². The summed E-state index contributed by atoms with van der Waals surface area (Å²) in [4.78, 5) is 14.7. The smallest absolute Gasteiger partial charge is 0.245 e. The van der Waals surface area contributed by atoms with Crippen LogP contribution in [0.4, 0.5) is 0 Å². The lowest BCUT2D eigenvalue weighted by Gasteiger charge is -2.15. The molecule has 0 radical (unpaired) electrons. The molecular formula is C22H23N3O. The van der Waals surface area contributed by atoms with Crippen LogP contribution in [-0.4, -0.2) is 35.0 Å². The first kappa shape index (κ1) is 15.8. The number of benzene rings is 2. The van der Waals surface area contributed by atoms with Gasteiger partial charge in [0.1, 0.15) is 0 Å². The summed E-state index contributed by atoms with van der Waals surface area (Å²) in [6.07, 6.45) is 4.56. The lowest BCUT2D eigenvalue weighted by atomic mass is 9.99. The molecule has 2 aliphatic rings. The molecule has 4 nitrogen and oxygen atoms in total. The Labute approximate surface area is 153 Å². The van der Waals surface area contributed by atoms with Crippen molar-refractivity contribution >= 4 is 16.8 Å². The van der Waals surface area contributed by atoms with Crippen LogP contribution in [-0.2, 0) is 13.1 Å². The van der Waals surface area contributed by atoms with E-state index in [4.69, 9.17) is 0 Å². The second-order valence-corrected chi connectivity index (χ2v) is 7.44. The summed E-state index contributed by atoms with van der Waals surface area (Å²) >= 11 is 0. The molecule has 0 aliphatic carbocycles. The molecule has 0 bridgehead atoms. The predicted octanol–water partition coefficient (Wildman–Crippen LogP) is 3.65. The number of carbonyl (C=O) groups is 1. The average molecular weight is 345 g/mol. The van der Waals surface area contributed by atoms with Gasteiger partial charge in [0.15, 0.2) is 0 Å². The highest BCUT2D eigenvalue weighted by Crippen LogP contribution is 2.30. The molecule has 1 fully saturated rings. The van der Waals surface area contributed by atoms with Gasteiger partial charge in [0.05, 0.1) is 12.1 Å². The van der Waals surface area contributed by atoms with E-state index in [0.29, 0.717) is 6.54 Å². The summed E-state index contributed by atoms with van der Waals surface area (Å²) in [5.41, 5.74) is 6.07. The third-order valence-electron chi connectivity index (χ3n) is 5.61. The number of rotatable bonds is 3. The zero-order valence-corrected chi connectivity index (χ0v) is 14.9. The molecule has 3 aromatic rings. The summed E-state index contributed by atoms with van der Waals surface area (Å²) in [5.74, 6) is 0.109. The van der Waals surface area contributed by atoms with Crippen molar-refractivity contribution in [1.82, 2.24) is 14.8 Å². The molecule has 26 heavy (non-hydrogen) atoms. The Morgan fingerprint density at radius 2 is 1.73 bits per heavy atom. The van der Waals surface area contributed by atoms with E-state index in [2.05, 4.69) is 46.6 Å². The second kappa shape index (κ2) is 6.38. The quantitative estimate of drug-likeness (QED) is 0.787. The Balaban J connectivity index is 1.48. The van der Waals surface area contributed by atoms with Crippen molar-refractivity contribution in [2.24, 2.45) is 0 Å². The van der Waals surface area contributed by atoms with Crippen LogP contribution in [0, 0.1) is 0 Å². The summed E-state index contributed by atoms with van der Waals surface area (Å²) in [5, 5.41) is 4.38. The standard InChI is InChI=1S/C22H23N3O/c26-21-14-23-13-20-12-19(11-18-7-10-25(21)22(18)20)17-5-3-16(4-6-17)15-24-8-1-2-9-24/h3-7,10-12,23H,1-2,8-9,13-15H2. The number of nitrogens with one attached hydrogen (secondary N) is 1. The normalized spacial score (nSPS) is 17.8. The van der Waals surface area contributed by atoms with Gasteiger partial charge in [0.2, 0.25) is 5.91 Å². The van der Waals surface area contributed by atoms with Crippen molar-refractivity contribution in [3.8, 4) is 11.1 Å². The maximum absolute atomic E-state index is 12.2. The molecule has 0 saturated carbocycles. The highest BCUT2D eigenvalue weighted by molar-refractivity contribution is 5.97. The van der Waals surface area contributed by atoms with Crippen LogP contribution in [0.25, 0.3) is 22.0 Å². The fourth-order valence-corrected chi connectivity index (χ4v) is 4.27. The van der Waals surface area contributed by atoms with E-state index >= 15 is 0 Å². The van der Waals surface area contributed by atoms with E-state index in [-0.39, 0.29) is 5.91 Å². The van der Waals surface area contributed by atoms with Gasteiger partial charge in [0, 0.05) is 24.7 Å². The molecule has 3 heterocycles. The van der Waals surface area contributed by atoms with Crippen molar-refractivity contribution in [2.75, 3.05) is 19.6 Å². The van der Waals surface area contributed by atoms with Gasteiger partial charge in [-0.05, 0) is 66.4 Å². The number of carbonyl (C=O) groups excluding carboxylic acids is 1. The van der Waals surface area contributed by atoms with E-state index in [0.717, 1.165) is 24.0 Å². The molecule has 4 heteroatoms. The maximum atomic E-state index is 12.2. The SMILES string of the molecule is O=C1CNCc2cc(-c3ccc(CN4CCCC4)cc3)cc3ccn1c23. The summed E-state index contributed by atoms with van der Waals surface area (Å²) in [7, 11) is 0. The molecule has 5 rings (SSSR count). The molecule has 0 atom stereocenters. The molecule has 1 aromatic heterocycles. The molecule has 1 N–H and O–H groups in total. The first-order chi connectivity index (χ1) is 12.8. The van der Waals surface area contributed by atoms with Gasteiger partial charge in [0.25, 0.3) is 0 Å². The Morgan fingerprint density at radius 3 is 2.54 bits per heavy atom. The topological polar surface area (TPSA) is 37.3 Å². The largest absolute Gasteiger partial charge is 0.304 e. The van der Waals surface area contributed by atoms with Crippen LogP contribution in [0.2, 0.25) is 0 Å². The van der Waals surface area contributed by atoms with Crippen molar-refractivity contribution < 1.29 is 4.79 Å². The monoisotopic (exact) mass is 345 g/mol. The summed E-state index contributed by atoms with van der Waals surface area (Å²) in [6.45, 7) is 4.63. The van der Waals surface area contributed by atoms with Crippen LogP contribution in [0.15, 0.2) is 48.7 Å². The van der Waals surface area contributed by atoms with Gasteiger partial charge >= 0.3 is 0 Å². The van der Waals surface area contributed by atoms with Gasteiger partial charge in [-0.2, -0.15) is 0 Å². The predicted molar refractivity (Wildman–Crippen MR) is 104 cm³/mol. The van der Waals surface area contributed by atoms with Crippen LogP contribution in [0.5, 0.6) is 0 Å². The Kier molecular flexibility index (Phi) is 3.88. The number of likely N-dealkylation sites (tertiary alicyclic amines) is 1. The zero-order valence-electron chi connectivity index (χ0n) is 14.9. The Bertz CT molecular complexity index is 965. The van der Waals surface area contributed by atoms with E-state index in [1.54, 1.807) is 4.57 Å². The molecule has 0 amide bonds. The third kappa shape index (κ3) is 2.75. The lowest BCUT2D eigenvalue weighted by Crippen LogP contribution is -2.23. The number of nitrogens with zero attached hydrogens (tertiary/aromatic N) is 2. The maximum Gasteiger partial charge on any atom is 0.245 e. The third-order valence-corrected chi connectivity index (χ3v) is 5.61. The first-order valence-corrected chi connectivity index (χ1v) is 9.47.